The quantitative estimate of drug-likeness (QED) is 0.186. The zero-order valence-corrected chi connectivity index (χ0v) is 25.8. The molecular formula is C32H35ClN4O3Si. The number of urea groups is 1. The van der Waals surface area contributed by atoms with Crippen LogP contribution < -0.4 is 24.9 Å². The summed E-state index contributed by atoms with van der Waals surface area (Å²) in [7, 11) is -1.22. The van der Waals surface area contributed by atoms with Crippen LogP contribution in [0.1, 0.15) is 33.3 Å². The van der Waals surface area contributed by atoms with Crippen LogP contribution in [0.4, 0.5) is 16.3 Å². The maximum absolute atomic E-state index is 14.1. The average Bonchev–Trinajstić information content (AvgIpc) is 2.97. The number of nitrogens with zero attached hydrogens (tertiary/aromatic N) is 4. The molecule has 5 rings (SSSR count). The first-order valence-electron chi connectivity index (χ1n) is 13.7. The lowest BCUT2D eigenvalue weighted by atomic mass is 10.1. The van der Waals surface area contributed by atoms with Crippen molar-refractivity contribution >= 4 is 47.8 Å². The number of methoxy groups -OCH3 is 1. The number of carbonyl (C=O) groups excluding carboxylic acids is 1. The van der Waals surface area contributed by atoms with E-state index >= 15 is 0 Å². The Morgan fingerprint density at radius 1 is 0.951 bits per heavy atom. The SMILES string of the molecule is COc1ccc(N2Cc3cnc(Cl)nc3N(C[C@H](C)O[Si](c3ccccc3)(c3ccccc3)C(C)(C)C)C2=O)cc1. The predicted octanol–water partition coefficient (Wildman–Crippen LogP) is 6.05. The van der Waals surface area contributed by atoms with Crippen LogP contribution in [0.25, 0.3) is 0 Å². The van der Waals surface area contributed by atoms with Crippen molar-refractivity contribution in [2.24, 2.45) is 0 Å². The third-order valence-electron chi connectivity index (χ3n) is 7.48. The van der Waals surface area contributed by atoms with Crippen molar-refractivity contribution in [3.63, 3.8) is 0 Å². The van der Waals surface area contributed by atoms with Gasteiger partial charge in [0.25, 0.3) is 8.32 Å². The van der Waals surface area contributed by atoms with Crippen molar-refractivity contribution in [3.8, 4) is 5.75 Å². The Kier molecular flexibility index (Phi) is 8.17. The summed E-state index contributed by atoms with van der Waals surface area (Å²) in [6.07, 6.45) is 1.36. The number of amides is 2. The fourth-order valence-electron chi connectivity index (χ4n) is 5.61. The second-order valence-electron chi connectivity index (χ2n) is 11.3. The van der Waals surface area contributed by atoms with Crippen molar-refractivity contribution in [1.29, 1.82) is 0 Å². The van der Waals surface area contributed by atoms with Crippen LogP contribution in [0.5, 0.6) is 5.75 Å². The minimum atomic E-state index is -2.84. The molecule has 0 unspecified atom stereocenters. The molecule has 0 radical (unpaired) electrons. The van der Waals surface area contributed by atoms with E-state index in [4.69, 9.17) is 20.8 Å². The summed E-state index contributed by atoms with van der Waals surface area (Å²) in [5, 5.41) is 2.26. The van der Waals surface area contributed by atoms with Crippen LogP contribution in [0, 0.1) is 0 Å². The maximum atomic E-state index is 14.1. The van der Waals surface area contributed by atoms with Gasteiger partial charge in [-0.3, -0.25) is 9.80 Å². The molecule has 0 spiro atoms. The molecule has 1 atom stereocenters. The highest BCUT2D eigenvalue weighted by Gasteiger charge is 2.51. The molecule has 41 heavy (non-hydrogen) atoms. The Bertz CT molecular complexity index is 1460. The van der Waals surface area contributed by atoms with Gasteiger partial charge in [0.2, 0.25) is 5.28 Å². The summed E-state index contributed by atoms with van der Waals surface area (Å²) in [5.41, 5.74) is 1.56. The van der Waals surface area contributed by atoms with Gasteiger partial charge in [0.1, 0.15) is 11.6 Å². The second kappa shape index (κ2) is 11.6. The van der Waals surface area contributed by atoms with Gasteiger partial charge >= 0.3 is 6.03 Å². The van der Waals surface area contributed by atoms with Gasteiger partial charge in [-0.15, -0.1) is 0 Å². The first-order valence-corrected chi connectivity index (χ1v) is 16.0. The van der Waals surface area contributed by atoms with Crippen LogP contribution in [0.2, 0.25) is 10.3 Å². The minimum absolute atomic E-state index is 0.0972. The molecule has 2 heterocycles. The lowest BCUT2D eigenvalue weighted by Crippen LogP contribution is -2.68. The fourth-order valence-corrected chi connectivity index (χ4v) is 10.4. The van der Waals surface area contributed by atoms with Crippen LogP contribution >= 0.6 is 11.6 Å². The van der Waals surface area contributed by atoms with E-state index in [0.717, 1.165) is 17.0 Å². The fraction of sp³-hybridized carbons (Fsp3) is 0.281. The number of hydrogen-bond donors (Lipinski definition) is 0. The monoisotopic (exact) mass is 586 g/mol. The smallest absolute Gasteiger partial charge is 0.330 e. The number of hydrogen-bond acceptors (Lipinski definition) is 5. The van der Waals surface area contributed by atoms with Crippen LogP contribution in [0.3, 0.4) is 0 Å². The summed E-state index contributed by atoms with van der Waals surface area (Å²) >= 11 is 6.23. The van der Waals surface area contributed by atoms with Gasteiger partial charge in [-0.2, -0.15) is 4.98 Å². The standard InChI is InChI=1S/C32H35ClN4O3Si/c1-23(40-41(32(2,3)4,27-12-8-6-9-13-27)28-14-10-7-11-15-28)21-37-29-24(20-34-30(33)35-29)22-36(31(37)38)25-16-18-26(39-5)19-17-25/h6-20,23H,21-22H2,1-5H3/t23-/m0/s1. The number of aromatic nitrogens is 2. The molecule has 7 nitrogen and oxygen atoms in total. The van der Waals surface area contributed by atoms with Gasteiger partial charge < -0.3 is 9.16 Å². The highest BCUT2D eigenvalue weighted by Crippen LogP contribution is 2.38. The number of ether oxygens (including phenoxy) is 1. The highest BCUT2D eigenvalue weighted by atomic mass is 35.5. The molecular weight excluding hydrogens is 552 g/mol. The van der Waals surface area contributed by atoms with Crippen molar-refractivity contribution in [3.05, 3.63) is 102 Å². The van der Waals surface area contributed by atoms with Crippen LogP contribution in [0.15, 0.2) is 91.1 Å². The molecule has 0 fully saturated rings. The van der Waals surface area contributed by atoms with Gasteiger partial charge in [-0.05, 0) is 58.2 Å². The average molecular weight is 587 g/mol. The maximum Gasteiger partial charge on any atom is 0.330 e. The molecule has 4 aromatic rings. The summed E-state index contributed by atoms with van der Waals surface area (Å²) in [6.45, 7) is 9.37. The Balaban J connectivity index is 1.53. The van der Waals surface area contributed by atoms with Crippen molar-refractivity contribution in [1.82, 2.24) is 9.97 Å². The van der Waals surface area contributed by atoms with E-state index < -0.39 is 8.32 Å². The first kappa shape index (κ1) is 28.8. The molecule has 212 valence electrons. The normalized spacial score (nSPS) is 14.5. The van der Waals surface area contributed by atoms with Gasteiger partial charge in [-0.25, -0.2) is 9.78 Å². The van der Waals surface area contributed by atoms with Gasteiger partial charge in [0.05, 0.1) is 26.3 Å². The van der Waals surface area contributed by atoms with Crippen molar-refractivity contribution < 1.29 is 14.0 Å². The summed E-state index contributed by atoms with van der Waals surface area (Å²) in [5.74, 6) is 1.23. The van der Waals surface area contributed by atoms with Gasteiger partial charge in [-0.1, -0.05) is 81.4 Å². The molecule has 2 amide bonds. The molecule has 0 saturated carbocycles. The lowest BCUT2D eigenvalue weighted by Gasteiger charge is -2.45. The molecule has 0 saturated heterocycles. The summed E-state index contributed by atoms with van der Waals surface area (Å²) in [6, 6.07) is 28.2. The van der Waals surface area contributed by atoms with E-state index in [1.807, 2.05) is 43.3 Å². The molecule has 0 aliphatic carbocycles. The van der Waals surface area contributed by atoms with E-state index in [0.29, 0.717) is 12.4 Å². The third kappa shape index (κ3) is 5.60. The predicted molar refractivity (Wildman–Crippen MR) is 167 cm³/mol. The van der Waals surface area contributed by atoms with Crippen LogP contribution in [-0.4, -0.2) is 44.1 Å². The Labute approximate surface area is 247 Å². The molecule has 3 aromatic carbocycles. The number of anilines is 2. The topological polar surface area (TPSA) is 67.8 Å². The van der Waals surface area contributed by atoms with Crippen molar-refractivity contribution in [2.75, 3.05) is 23.5 Å². The molecule has 0 N–H and O–H groups in total. The summed E-state index contributed by atoms with van der Waals surface area (Å²) < 4.78 is 12.6. The Hall–Kier alpha value is -3.72. The van der Waals surface area contributed by atoms with E-state index in [9.17, 15) is 4.79 Å². The first-order chi connectivity index (χ1) is 19.6. The van der Waals surface area contributed by atoms with Gasteiger partial charge in [0, 0.05) is 17.4 Å². The number of benzene rings is 3. The number of fused-ring (bicyclic) bond motifs is 1. The van der Waals surface area contributed by atoms with E-state index in [-0.39, 0.29) is 29.0 Å². The number of halogens is 1. The Morgan fingerprint density at radius 2 is 1.54 bits per heavy atom. The minimum Gasteiger partial charge on any atom is -0.497 e. The van der Waals surface area contributed by atoms with E-state index in [2.05, 4.69) is 79.3 Å². The molecule has 1 aliphatic heterocycles. The second-order valence-corrected chi connectivity index (χ2v) is 15.8. The molecule has 9 heteroatoms. The number of carbonyl (C=O) groups is 1. The zero-order valence-electron chi connectivity index (χ0n) is 24.0. The third-order valence-corrected chi connectivity index (χ3v) is 12.8. The van der Waals surface area contributed by atoms with E-state index in [1.165, 1.54) is 10.4 Å². The molecule has 0 bridgehead atoms. The lowest BCUT2D eigenvalue weighted by molar-refractivity contribution is 0.206. The highest BCUT2D eigenvalue weighted by molar-refractivity contribution is 6.99. The largest absolute Gasteiger partial charge is 0.497 e. The zero-order chi connectivity index (χ0) is 29.2. The van der Waals surface area contributed by atoms with Crippen LogP contribution in [-0.2, 0) is 11.0 Å². The summed E-state index contributed by atoms with van der Waals surface area (Å²) in [4.78, 5) is 26.1. The molecule has 1 aromatic heterocycles. The molecule has 1 aliphatic rings. The van der Waals surface area contributed by atoms with Gasteiger partial charge in [0.15, 0.2) is 0 Å². The van der Waals surface area contributed by atoms with E-state index in [1.54, 1.807) is 23.1 Å². The number of rotatable bonds is 8. The Morgan fingerprint density at radius 3 is 2.07 bits per heavy atom. The van der Waals surface area contributed by atoms with Crippen molar-refractivity contribution in [2.45, 2.75) is 45.4 Å².